The summed E-state index contributed by atoms with van der Waals surface area (Å²) in [6, 6.07) is 7.15. The first kappa shape index (κ1) is 15.4. The molecule has 0 aliphatic carbocycles. The van der Waals surface area contributed by atoms with Crippen LogP contribution in [0.15, 0.2) is 24.3 Å². The summed E-state index contributed by atoms with van der Waals surface area (Å²) < 4.78 is 22.9. The minimum atomic E-state index is -2.94. The lowest BCUT2D eigenvalue weighted by Crippen LogP contribution is -2.43. The Bertz CT molecular complexity index is 717. The topological polar surface area (TPSA) is 83.6 Å². The number of hydrogen-bond acceptors (Lipinski definition) is 5. The van der Waals surface area contributed by atoms with Crippen LogP contribution >= 0.6 is 11.8 Å². The Morgan fingerprint density at radius 3 is 2.86 bits per heavy atom. The molecule has 6 nitrogen and oxygen atoms in total. The largest absolute Gasteiger partial charge is 0.323 e. The van der Waals surface area contributed by atoms with E-state index in [1.807, 2.05) is 6.07 Å². The van der Waals surface area contributed by atoms with Crippen LogP contribution in [-0.4, -0.2) is 49.3 Å². The first-order valence-electron chi connectivity index (χ1n) is 6.96. The molecule has 118 valence electrons. The van der Waals surface area contributed by atoms with Crippen molar-refractivity contribution >= 4 is 44.8 Å². The van der Waals surface area contributed by atoms with Gasteiger partial charge in [-0.1, -0.05) is 12.1 Å². The first-order chi connectivity index (χ1) is 10.4. The maximum absolute atomic E-state index is 12.4. The van der Waals surface area contributed by atoms with Crippen molar-refractivity contribution in [3.8, 4) is 0 Å². The van der Waals surface area contributed by atoms with Gasteiger partial charge in [-0.15, -0.1) is 11.8 Å². The van der Waals surface area contributed by atoms with Crippen molar-refractivity contribution in [1.82, 2.24) is 0 Å². The molecule has 1 aromatic carbocycles. The number of anilines is 2. The Balaban J connectivity index is 1.67. The molecule has 0 radical (unpaired) electrons. The molecule has 22 heavy (non-hydrogen) atoms. The van der Waals surface area contributed by atoms with E-state index in [1.54, 1.807) is 18.2 Å². The Hall–Kier alpha value is -1.54. The van der Waals surface area contributed by atoms with E-state index in [1.165, 1.54) is 16.7 Å². The van der Waals surface area contributed by atoms with Gasteiger partial charge in [0.25, 0.3) is 0 Å². The van der Waals surface area contributed by atoms with Crippen molar-refractivity contribution in [2.75, 3.05) is 34.0 Å². The lowest BCUT2D eigenvalue weighted by molar-refractivity contribution is -0.120. The summed E-state index contributed by atoms with van der Waals surface area (Å²) in [5.74, 6) is 0.134. The molecule has 3 rings (SSSR count). The van der Waals surface area contributed by atoms with Gasteiger partial charge in [-0.2, -0.15) is 0 Å². The van der Waals surface area contributed by atoms with Crippen LogP contribution in [0, 0.1) is 0 Å². The van der Waals surface area contributed by atoms with E-state index in [4.69, 9.17) is 0 Å². The van der Waals surface area contributed by atoms with E-state index in [2.05, 4.69) is 5.32 Å². The van der Waals surface area contributed by atoms with Crippen LogP contribution in [-0.2, 0) is 19.4 Å². The van der Waals surface area contributed by atoms with Gasteiger partial charge in [0.2, 0.25) is 11.8 Å². The number of benzene rings is 1. The van der Waals surface area contributed by atoms with Crippen LogP contribution in [0.3, 0.4) is 0 Å². The van der Waals surface area contributed by atoms with Gasteiger partial charge >= 0.3 is 0 Å². The number of nitrogens with one attached hydrogen (secondary N) is 1. The van der Waals surface area contributed by atoms with Gasteiger partial charge in [0, 0.05) is 5.25 Å². The molecule has 0 bridgehead atoms. The Morgan fingerprint density at radius 1 is 1.36 bits per heavy atom. The van der Waals surface area contributed by atoms with Gasteiger partial charge < -0.3 is 10.2 Å². The summed E-state index contributed by atoms with van der Waals surface area (Å²) in [5, 5.41) is 2.71. The van der Waals surface area contributed by atoms with Gasteiger partial charge in [0.1, 0.15) is 6.54 Å². The lowest BCUT2D eigenvalue weighted by atomic mass is 10.2. The molecule has 1 fully saturated rings. The van der Waals surface area contributed by atoms with Crippen LogP contribution in [0.5, 0.6) is 0 Å². The predicted molar refractivity (Wildman–Crippen MR) is 86.9 cm³/mol. The highest BCUT2D eigenvalue weighted by molar-refractivity contribution is 8.02. The Kier molecular flexibility index (Phi) is 4.14. The summed E-state index contributed by atoms with van der Waals surface area (Å²) in [6.45, 7) is -0.000623. The molecule has 1 saturated heterocycles. The fraction of sp³-hybridized carbons (Fsp3) is 0.429. The second-order valence-electron chi connectivity index (χ2n) is 5.38. The normalized spacial score (nSPS) is 23.0. The molecule has 2 aliphatic rings. The average Bonchev–Trinajstić information content (AvgIpc) is 2.83. The second-order valence-corrected chi connectivity index (χ2v) is 8.90. The molecule has 0 spiro atoms. The summed E-state index contributed by atoms with van der Waals surface area (Å²) in [6.07, 6.45) is 0.595. The van der Waals surface area contributed by atoms with E-state index in [0.717, 1.165) is 0 Å². The van der Waals surface area contributed by atoms with E-state index in [0.29, 0.717) is 17.8 Å². The highest BCUT2D eigenvalue weighted by atomic mass is 32.2. The molecule has 1 atom stereocenters. The molecule has 1 N–H and O–H groups in total. The third kappa shape index (κ3) is 3.27. The fourth-order valence-electron chi connectivity index (χ4n) is 2.62. The summed E-state index contributed by atoms with van der Waals surface area (Å²) in [5.41, 5.74) is 1.31. The minimum Gasteiger partial charge on any atom is -0.323 e. The maximum Gasteiger partial charge on any atom is 0.244 e. The molecule has 0 aromatic heterocycles. The molecule has 1 aromatic rings. The zero-order chi connectivity index (χ0) is 15.7. The van der Waals surface area contributed by atoms with E-state index < -0.39 is 9.84 Å². The highest BCUT2D eigenvalue weighted by Crippen LogP contribution is 2.30. The number of rotatable bonds is 3. The van der Waals surface area contributed by atoms with E-state index in [-0.39, 0.29) is 40.9 Å². The van der Waals surface area contributed by atoms with E-state index in [9.17, 15) is 18.0 Å². The fourth-order valence-corrected chi connectivity index (χ4v) is 6.13. The smallest absolute Gasteiger partial charge is 0.244 e. The highest BCUT2D eigenvalue weighted by Gasteiger charge is 2.31. The number of para-hydroxylation sites is 2. The molecular formula is C14H16N2O4S2. The first-order valence-corrected chi connectivity index (χ1v) is 9.83. The molecular weight excluding hydrogens is 324 g/mol. The average molecular weight is 340 g/mol. The van der Waals surface area contributed by atoms with Gasteiger partial charge in [-0.05, 0) is 18.6 Å². The van der Waals surface area contributed by atoms with Crippen LogP contribution in [0.1, 0.15) is 6.42 Å². The zero-order valence-corrected chi connectivity index (χ0v) is 13.5. The van der Waals surface area contributed by atoms with Crippen molar-refractivity contribution in [3.05, 3.63) is 24.3 Å². The van der Waals surface area contributed by atoms with Gasteiger partial charge in [-0.3, -0.25) is 9.59 Å². The standard InChI is InChI=1S/C14H16N2O4S2/c17-13-7-16(12-4-2-1-3-11(12)15-13)14(18)8-21-10-5-6-22(19,20)9-10/h1-4,10H,5-9H2,(H,15,17)/t10-/m1/s1. The van der Waals surface area contributed by atoms with Gasteiger partial charge in [-0.25, -0.2) is 8.42 Å². The SMILES string of the molecule is O=C1CN(C(=O)CS[C@@H]2CCS(=O)(=O)C2)c2ccccc2N1. The number of amides is 2. The van der Waals surface area contributed by atoms with Crippen molar-refractivity contribution in [1.29, 1.82) is 0 Å². The van der Waals surface area contributed by atoms with Crippen LogP contribution in [0.4, 0.5) is 11.4 Å². The predicted octanol–water partition coefficient (Wildman–Crippen LogP) is 0.892. The van der Waals surface area contributed by atoms with Crippen LogP contribution in [0.25, 0.3) is 0 Å². The lowest BCUT2D eigenvalue weighted by Gasteiger charge is -2.29. The minimum absolute atomic E-state index is 0.000623. The third-order valence-corrected chi connectivity index (χ3v) is 6.97. The summed E-state index contributed by atoms with van der Waals surface area (Å²) >= 11 is 1.36. The zero-order valence-electron chi connectivity index (χ0n) is 11.8. The molecule has 0 saturated carbocycles. The second kappa shape index (κ2) is 5.92. The number of nitrogens with zero attached hydrogens (tertiary/aromatic N) is 1. The number of fused-ring (bicyclic) bond motifs is 1. The van der Waals surface area contributed by atoms with Crippen LogP contribution < -0.4 is 10.2 Å². The monoisotopic (exact) mass is 340 g/mol. The number of sulfone groups is 1. The van der Waals surface area contributed by atoms with Crippen molar-refractivity contribution in [2.24, 2.45) is 0 Å². The van der Waals surface area contributed by atoms with Gasteiger partial charge in [0.05, 0.1) is 28.6 Å². The molecule has 0 unspecified atom stereocenters. The maximum atomic E-state index is 12.4. The molecule has 2 heterocycles. The molecule has 2 amide bonds. The van der Waals surface area contributed by atoms with Crippen LogP contribution in [0.2, 0.25) is 0 Å². The van der Waals surface area contributed by atoms with Crippen molar-refractivity contribution in [3.63, 3.8) is 0 Å². The number of thioether (sulfide) groups is 1. The Morgan fingerprint density at radius 2 is 2.14 bits per heavy atom. The quantitative estimate of drug-likeness (QED) is 0.883. The summed E-state index contributed by atoms with van der Waals surface area (Å²) in [4.78, 5) is 25.6. The van der Waals surface area contributed by atoms with E-state index >= 15 is 0 Å². The van der Waals surface area contributed by atoms with Crippen molar-refractivity contribution < 1.29 is 18.0 Å². The number of hydrogen-bond donors (Lipinski definition) is 1. The van der Waals surface area contributed by atoms with Gasteiger partial charge in [0.15, 0.2) is 9.84 Å². The third-order valence-electron chi connectivity index (χ3n) is 3.70. The Labute approximate surface area is 133 Å². The van der Waals surface area contributed by atoms with Crippen molar-refractivity contribution in [2.45, 2.75) is 11.7 Å². The number of carbonyl (C=O) groups is 2. The molecule has 8 heteroatoms. The molecule has 2 aliphatic heterocycles. The summed E-state index contributed by atoms with van der Waals surface area (Å²) in [7, 11) is -2.94. The number of carbonyl (C=O) groups excluding carboxylic acids is 2.